The van der Waals surface area contributed by atoms with Crippen molar-refractivity contribution in [1.82, 2.24) is 5.32 Å². The molecule has 0 fully saturated rings. The van der Waals surface area contributed by atoms with Crippen LogP contribution in [0.4, 0.5) is 10.1 Å². The maximum absolute atomic E-state index is 12.8. The van der Waals surface area contributed by atoms with Gasteiger partial charge in [-0.2, -0.15) is 0 Å². The molecule has 0 saturated heterocycles. The molecule has 0 bridgehead atoms. The van der Waals surface area contributed by atoms with E-state index in [1.165, 1.54) is 31.4 Å². The molecule has 2 N–H and O–H groups in total. The van der Waals surface area contributed by atoms with Crippen molar-refractivity contribution in [3.63, 3.8) is 0 Å². The molecule has 0 aromatic heterocycles. The van der Waals surface area contributed by atoms with Crippen LogP contribution < -0.4 is 15.4 Å². The van der Waals surface area contributed by atoms with Crippen LogP contribution in [0, 0.1) is 5.82 Å². The van der Waals surface area contributed by atoms with Gasteiger partial charge in [-0.15, -0.1) is 0 Å². The topological polar surface area (TPSA) is 93.7 Å². The zero-order chi connectivity index (χ0) is 19.6. The monoisotopic (exact) mass is 374 g/mol. The highest BCUT2D eigenvalue weighted by atomic mass is 19.1. The number of anilines is 1. The van der Waals surface area contributed by atoms with Crippen molar-refractivity contribution in [3.8, 4) is 5.75 Å². The molecule has 0 heterocycles. The Hall–Kier alpha value is -3.42. The lowest BCUT2D eigenvalue weighted by Gasteiger charge is -2.08. The standard InChI is InChI=1S/C19H19FN2O5/c1-26-19(25)11-21-17(23)10-13-2-6-15(7-3-13)22-18(24)12-27-16-8-4-14(20)5-9-16/h2-9H,10-12H2,1H3,(H,21,23)(H,22,24). The summed E-state index contributed by atoms with van der Waals surface area (Å²) in [4.78, 5) is 34.6. The molecule has 8 heteroatoms. The molecule has 0 aliphatic heterocycles. The van der Waals surface area contributed by atoms with E-state index in [4.69, 9.17) is 4.74 Å². The van der Waals surface area contributed by atoms with Gasteiger partial charge in [-0.1, -0.05) is 12.1 Å². The fourth-order valence-corrected chi connectivity index (χ4v) is 2.07. The largest absolute Gasteiger partial charge is 0.484 e. The van der Waals surface area contributed by atoms with Gasteiger partial charge in [-0.25, -0.2) is 4.39 Å². The van der Waals surface area contributed by atoms with Gasteiger partial charge in [0.05, 0.1) is 13.5 Å². The van der Waals surface area contributed by atoms with Gasteiger partial charge in [0.1, 0.15) is 18.1 Å². The molecule has 27 heavy (non-hydrogen) atoms. The summed E-state index contributed by atoms with van der Waals surface area (Å²) in [5, 5.41) is 5.09. The van der Waals surface area contributed by atoms with Gasteiger partial charge in [-0.3, -0.25) is 14.4 Å². The van der Waals surface area contributed by atoms with Gasteiger partial charge >= 0.3 is 5.97 Å². The van der Waals surface area contributed by atoms with E-state index in [0.717, 1.165) is 5.56 Å². The molecule has 2 aromatic carbocycles. The third kappa shape index (κ3) is 7.15. The zero-order valence-electron chi connectivity index (χ0n) is 14.7. The number of methoxy groups -OCH3 is 1. The first-order valence-corrected chi connectivity index (χ1v) is 8.07. The Labute approximate surface area is 155 Å². The Balaban J connectivity index is 1.77. The number of benzene rings is 2. The molecule has 2 aromatic rings. The summed E-state index contributed by atoms with van der Waals surface area (Å²) in [6, 6.07) is 12.0. The first kappa shape index (κ1) is 19.9. The van der Waals surface area contributed by atoms with E-state index in [2.05, 4.69) is 15.4 Å². The molecule has 142 valence electrons. The number of nitrogens with one attached hydrogen (secondary N) is 2. The van der Waals surface area contributed by atoms with Gasteiger partial charge in [0.25, 0.3) is 5.91 Å². The van der Waals surface area contributed by atoms with Crippen molar-refractivity contribution in [2.75, 3.05) is 25.6 Å². The highest BCUT2D eigenvalue weighted by Gasteiger charge is 2.08. The maximum atomic E-state index is 12.8. The van der Waals surface area contributed by atoms with Crippen molar-refractivity contribution in [2.24, 2.45) is 0 Å². The second-order valence-corrected chi connectivity index (χ2v) is 5.52. The van der Waals surface area contributed by atoms with Crippen molar-refractivity contribution in [2.45, 2.75) is 6.42 Å². The van der Waals surface area contributed by atoms with E-state index in [1.807, 2.05) is 0 Å². The summed E-state index contributed by atoms with van der Waals surface area (Å²) < 4.78 is 22.5. The number of ether oxygens (including phenoxy) is 2. The van der Waals surface area contributed by atoms with Gasteiger partial charge in [0.2, 0.25) is 5.91 Å². The Morgan fingerprint density at radius 3 is 2.26 bits per heavy atom. The summed E-state index contributed by atoms with van der Waals surface area (Å²) in [6.45, 7) is -0.402. The summed E-state index contributed by atoms with van der Waals surface area (Å²) in [7, 11) is 1.24. The number of hydrogen-bond donors (Lipinski definition) is 2. The minimum Gasteiger partial charge on any atom is -0.484 e. The molecular weight excluding hydrogens is 355 g/mol. The van der Waals surface area contributed by atoms with Crippen LogP contribution in [0.1, 0.15) is 5.56 Å². The number of carbonyl (C=O) groups excluding carboxylic acids is 3. The average molecular weight is 374 g/mol. The average Bonchev–Trinajstić information content (AvgIpc) is 2.67. The molecule has 0 atom stereocenters. The lowest BCUT2D eigenvalue weighted by atomic mass is 10.1. The van der Waals surface area contributed by atoms with Gasteiger partial charge in [0, 0.05) is 5.69 Å². The summed E-state index contributed by atoms with van der Waals surface area (Å²) in [6.07, 6.45) is 0.0961. The first-order valence-electron chi connectivity index (χ1n) is 8.07. The Kier molecular flexibility index (Phi) is 7.30. The van der Waals surface area contributed by atoms with Crippen LogP contribution in [-0.2, 0) is 25.5 Å². The molecule has 0 aliphatic rings. The summed E-state index contributed by atoms with van der Waals surface area (Å²) in [5.41, 5.74) is 1.26. The van der Waals surface area contributed by atoms with Crippen LogP contribution in [0.3, 0.4) is 0 Å². The van der Waals surface area contributed by atoms with Crippen molar-refractivity contribution in [3.05, 3.63) is 59.9 Å². The zero-order valence-corrected chi connectivity index (χ0v) is 14.7. The number of amides is 2. The van der Waals surface area contributed by atoms with E-state index in [1.54, 1.807) is 24.3 Å². The lowest BCUT2D eigenvalue weighted by Crippen LogP contribution is -2.31. The second kappa shape index (κ2) is 9.91. The number of halogens is 1. The predicted octanol–water partition coefficient (Wildman–Crippen LogP) is 1.67. The molecule has 7 nitrogen and oxygen atoms in total. The van der Waals surface area contributed by atoms with Crippen LogP contribution in [-0.4, -0.2) is 38.0 Å². The minimum atomic E-state index is -0.524. The van der Waals surface area contributed by atoms with Crippen LogP contribution >= 0.6 is 0 Å². The molecule has 0 aliphatic carbocycles. The molecule has 2 amide bonds. The smallest absolute Gasteiger partial charge is 0.325 e. The van der Waals surface area contributed by atoms with Crippen LogP contribution in [0.5, 0.6) is 5.75 Å². The van der Waals surface area contributed by atoms with Crippen molar-refractivity contribution >= 4 is 23.5 Å². The van der Waals surface area contributed by atoms with E-state index in [-0.39, 0.29) is 37.2 Å². The van der Waals surface area contributed by atoms with Crippen molar-refractivity contribution in [1.29, 1.82) is 0 Å². The quantitative estimate of drug-likeness (QED) is 0.686. The van der Waals surface area contributed by atoms with Crippen LogP contribution in [0.25, 0.3) is 0 Å². The fourth-order valence-electron chi connectivity index (χ4n) is 2.07. The molecular formula is C19H19FN2O5. The van der Waals surface area contributed by atoms with E-state index >= 15 is 0 Å². The Morgan fingerprint density at radius 2 is 1.63 bits per heavy atom. The number of hydrogen-bond acceptors (Lipinski definition) is 5. The second-order valence-electron chi connectivity index (χ2n) is 5.52. The highest BCUT2D eigenvalue weighted by Crippen LogP contribution is 2.12. The molecule has 0 unspecified atom stereocenters. The lowest BCUT2D eigenvalue weighted by molar-refractivity contribution is -0.141. The highest BCUT2D eigenvalue weighted by molar-refractivity contribution is 5.92. The minimum absolute atomic E-state index is 0.0961. The third-order valence-corrected chi connectivity index (χ3v) is 3.44. The predicted molar refractivity (Wildman–Crippen MR) is 95.7 cm³/mol. The number of rotatable bonds is 8. The SMILES string of the molecule is COC(=O)CNC(=O)Cc1ccc(NC(=O)COc2ccc(F)cc2)cc1. The Morgan fingerprint density at radius 1 is 0.963 bits per heavy atom. The summed E-state index contributed by atoms with van der Waals surface area (Å²) in [5.74, 6) is -1.21. The normalized spacial score (nSPS) is 10.0. The van der Waals surface area contributed by atoms with Crippen LogP contribution in [0.15, 0.2) is 48.5 Å². The molecule has 0 saturated carbocycles. The summed E-state index contributed by atoms with van der Waals surface area (Å²) >= 11 is 0. The van der Waals surface area contributed by atoms with E-state index in [9.17, 15) is 18.8 Å². The molecule has 0 radical (unpaired) electrons. The van der Waals surface area contributed by atoms with Crippen LogP contribution in [0.2, 0.25) is 0 Å². The van der Waals surface area contributed by atoms with Crippen molar-refractivity contribution < 1.29 is 28.2 Å². The van der Waals surface area contributed by atoms with E-state index < -0.39 is 5.97 Å². The maximum Gasteiger partial charge on any atom is 0.325 e. The molecule has 2 rings (SSSR count). The van der Waals surface area contributed by atoms with Gasteiger partial charge in [-0.05, 0) is 42.0 Å². The van der Waals surface area contributed by atoms with E-state index in [0.29, 0.717) is 11.4 Å². The first-order chi connectivity index (χ1) is 13.0. The molecule has 0 spiro atoms. The third-order valence-electron chi connectivity index (χ3n) is 3.44. The fraction of sp³-hybridized carbons (Fsp3) is 0.211. The van der Waals surface area contributed by atoms with Gasteiger partial charge < -0.3 is 20.1 Å². The Bertz CT molecular complexity index is 791. The van der Waals surface area contributed by atoms with Gasteiger partial charge in [0.15, 0.2) is 6.61 Å². The number of esters is 1. The number of carbonyl (C=O) groups is 3.